The lowest BCUT2D eigenvalue weighted by Crippen LogP contribution is -2.37. The van der Waals surface area contributed by atoms with Crippen molar-refractivity contribution in [1.82, 2.24) is 9.80 Å². The molecule has 4 nitrogen and oxygen atoms in total. The number of carbonyl (C=O) groups is 1. The number of aliphatic hydroxyl groups is 1. The van der Waals surface area contributed by atoms with E-state index in [9.17, 15) is 14.3 Å². The number of likely N-dealkylation sites (tertiary alicyclic amines) is 2. The number of amides is 1. The molecule has 0 unspecified atom stereocenters. The third-order valence-electron chi connectivity index (χ3n) is 5.15. The lowest BCUT2D eigenvalue weighted by molar-refractivity contribution is 0.0778. The van der Waals surface area contributed by atoms with Gasteiger partial charge in [0.25, 0.3) is 5.91 Å². The fourth-order valence-corrected chi connectivity index (χ4v) is 4.07. The van der Waals surface area contributed by atoms with Gasteiger partial charge < -0.3 is 14.9 Å². The third kappa shape index (κ3) is 4.08. The molecule has 1 N–H and O–H groups in total. The Labute approximate surface area is 147 Å². The van der Waals surface area contributed by atoms with Crippen LogP contribution >= 0.6 is 11.6 Å². The maximum Gasteiger partial charge on any atom is 0.254 e. The van der Waals surface area contributed by atoms with Crippen LogP contribution in [0.2, 0.25) is 5.02 Å². The van der Waals surface area contributed by atoms with Crippen LogP contribution in [0.25, 0.3) is 0 Å². The zero-order valence-electron chi connectivity index (χ0n) is 13.8. The van der Waals surface area contributed by atoms with Crippen LogP contribution in [-0.4, -0.2) is 60.1 Å². The van der Waals surface area contributed by atoms with E-state index in [2.05, 4.69) is 4.90 Å². The molecule has 2 atom stereocenters. The van der Waals surface area contributed by atoms with Gasteiger partial charge in [-0.2, -0.15) is 0 Å². The number of rotatable bonds is 4. The van der Waals surface area contributed by atoms with Crippen LogP contribution in [0.3, 0.4) is 0 Å². The first-order valence-electron chi connectivity index (χ1n) is 8.65. The molecular formula is C18H24ClFN2O2. The Kier molecular flexibility index (Phi) is 5.74. The molecule has 1 amide bonds. The molecule has 2 aliphatic rings. The largest absolute Gasteiger partial charge is 0.396 e. The second kappa shape index (κ2) is 7.81. The third-order valence-corrected chi connectivity index (χ3v) is 5.37. The molecule has 1 aromatic rings. The van der Waals surface area contributed by atoms with E-state index in [1.807, 2.05) is 0 Å². The normalized spacial score (nSPS) is 25.2. The van der Waals surface area contributed by atoms with E-state index < -0.39 is 5.82 Å². The van der Waals surface area contributed by atoms with Crippen molar-refractivity contribution >= 4 is 17.5 Å². The van der Waals surface area contributed by atoms with Crippen molar-refractivity contribution in [2.75, 3.05) is 39.3 Å². The molecule has 2 fully saturated rings. The summed E-state index contributed by atoms with van der Waals surface area (Å²) < 4.78 is 13.5. The van der Waals surface area contributed by atoms with E-state index in [0.717, 1.165) is 19.6 Å². The van der Waals surface area contributed by atoms with Crippen LogP contribution < -0.4 is 0 Å². The first kappa shape index (κ1) is 17.6. The SMILES string of the molecule is O=C(c1cc(F)cc(Cl)c1)N1C[C@@H](CN2CCCCC2)[C@@H](CO)C1. The van der Waals surface area contributed by atoms with Gasteiger partial charge in [-0.1, -0.05) is 18.0 Å². The molecule has 0 saturated carbocycles. The first-order chi connectivity index (χ1) is 11.6. The van der Waals surface area contributed by atoms with Gasteiger partial charge in [-0.05, 0) is 50.0 Å². The number of hydrogen-bond acceptors (Lipinski definition) is 3. The smallest absolute Gasteiger partial charge is 0.254 e. The second-order valence-electron chi connectivity index (χ2n) is 6.93. The van der Waals surface area contributed by atoms with Gasteiger partial charge in [-0.3, -0.25) is 4.79 Å². The number of halogens is 2. The number of hydrogen-bond donors (Lipinski definition) is 1. The highest BCUT2D eigenvalue weighted by atomic mass is 35.5. The Bertz CT molecular complexity index is 572. The predicted molar refractivity (Wildman–Crippen MR) is 91.7 cm³/mol. The molecule has 24 heavy (non-hydrogen) atoms. The van der Waals surface area contributed by atoms with Gasteiger partial charge in [0.1, 0.15) is 5.82 Å². The molecule has 6 heteroatoms. The molecule has 0 spiro atoms. The fraction of sp³-hybridized carbons (Fsp3) is 0.611. The number of aliphatic hydroxyl groups excluding tert-OH is 1. The summed E-state index contributed by atoms with van der Waals surface area (Å²) in [6, 6.07) is 3.91. The molecule has 0 radical (unpaired) electrons. The van der Waals surface area contributed by atoms with Crippen molar-refractivity contribution in [2.24, 2.45) is 11.8 Å². The van der Waals surface area contributed by atoms with Gasteiger partial charge in [-0.25, -0.2) is 4.39 Å². The molecule has 1 aromatic carbocycles. The highest BCUT2D eigenvalue weighted by Gasteiger charge is 2.36. The number of carbonyl (C=O) groups excluding carboxylic acids is 1. The van der Waals surface area contributed by atoms with E-state index in [1.165, 1.54) is 37.5 Å². The average molecular weight is 355 g/mol. The summed E-state index contributed by atoms with van der Waals surface area (Å²) >= 11 is 5.86. The van der Waals surface area contributed by atoms with Crippen molar-refractivity contribution in [3.8, 4) is 0 Å². The zero-order chi connectivity index (χ0) is 17.1. The summed E-state index contributed by atoms with van der Waals surface area (Å²) in [5.74, 6) is -0.370. The Balaban J connectivity index is 1.67. The summed E-state index contributed by atoms with van der Waals surface area (Å²) in [6.45, 7) is 4.31. The topological polar surface area (TPSA) is 43.8 Å². The standard InChI is InChI=1S/C18H24ClFN2O2/c19-16-6-13(7-17(20)8-16)18(24)22-10-14(15(11-22)12-23)9-21-4-2-1-3-5-21/h6-8,14-15,23H,1-5,9-12H2/t14-,15-/m1/s1. The molecule has 3 rings (SSSR count). The van der Waals surface area contributed by atoms with E-state index in [0.29, 0.717) is 13.1 Å². The average Bonchev–Trinajstić information content (AvgIpc) is 2.97. The van der Waals surface area contributed by atoms with Crippen molar-refractivity contribution in [3.05, 3.63) is 34.6 Å². The minimum atomic E-state index is -0.506. The van der Waals surface area contributed by atoms with Crippen LogP contribution in [-0.2, 0) is 0 Å². The Hall–Kier alpha value is -1.17. The molecule has 0 aromatic heterocycles. The van der Waals surface area contributed by atoms with E-state index in [4.69, 9.17) is 11.6 Å². The van der Waals surface area contributed by atoms with Crippen molar-refractivity contribution in [3.63, 3.8) is 0 Å². The quantitative estimate of drug-likeness (QED) is 0.904. The molecule has 0 aliphatic carbocycles. The highest BCUT2D eigenvalue weighted by Crippen LogP contribution is 2.27. The van der Waals surface area contributed by atoms with Crippen LogP contribution in [0.4, 0.5) is 4.39 Å². The zero-order valence-corrected chi connectivity index (χ0v) is 14.5. The second-order valence-corrected chi connectivity index (χ2v) is 7.37. The molecular weight excluding hydrogens is 331 g/mol. The lowest BCUT2D eigenvalue weighted by Gasteiger charge is -2.30. The van der Waals surface area contributed by atoms with Crippen molar-refractivity contribution in [1.29, 1.82) is 0 Å². The van der Waals surface area contributed by atoms with Gasteiger partial charge in [0.2, 0.25) is 0 Å². The van der Waals surface area contributed by atoms with E-state index in [1.54, 1.807) is 4.90 Å². The van der Waals surface area contributed by atoms with Crippen LogP contribution in [0, 0.1) is 17.7 Å². The first-order valence-corrected chi connectivity index (χ1v) is 9.03. The summed E-state index contributed by atoms with van der Waals surface area (Å²) in [6.07, 6.45) is 3.73. The monoisotopic (exact) mass is 354 g/mol. The Morgan fingerprint density at radius 1 is 1.17 bits per heavy atom. The summed E-state index contributed by atoms with van der Waals surface area (Å²) in [5, 5.41) is 9.91. The van der Waals surface area contributed by atoms with Crippen molar-refractivity contribution < 1.29 is 14.3 Å². The molecule has 2 saturated heterocycles. The minimum absolute atomic E-state index is 0.0756. The fourth-order valence-electron chi connectivity index (χ4n) is 3.85. The van der Waals surface area contributed by atoms with Crippen LogP contribution in [0.15, 0.2) is 18.2 Å². The number of piperidine rings is 1. The Morgan fingerprint density at radius 3 is 2.54 bits per heavy atom. The molecule has 2 aliphatic heterocycles. The van der Waals surface area contributed by atoms with Crippen LogP contribution in [0.5, 0.6) is 0 Å². The maximum absolute atomic E-state index is 13.5. The Morgan fingerprint density at radius 2 is 1.88 bits per heavy atom. The minimum Gasteiger partial charge on any atom is -0.396 e. The molecule has 132 valence electrons. The summed E-state index contributed by atoms with van der Waals surface area (Å²) in [5.41, 5.74) is 0.273. The predicted octanol–water partition coefficient (Wildman–Crippen LogP) is 2.65. The molecule has 0 bridgehead atoms. The number of nitrogens with zero attached hydrogens (tertiary/aromatic N) is 2. The summed E-state index contributed by atoms with van der Waals surface area (Å²) in [4.78, 5) is 16.8. The molecule has 2 heterocycles. The van der Waals surface area contributed by atoms with E-state index in [-0.39, 0.29) is 34.9 Å². The van der Waals surface area contributed by atoms with Gasteiger partial charge in [0.05, 0.1) is 0 Å². The van der Waals surface area contributed by atoms with Gasteiger partial charge >= 0.3 is 0 Å². The van der Waals surface area contributed by atoms with Gasteiger partial charge in [0.15, 0.2) is 0 Å². The highest BCUT2D eigenvalue weighted by molar-refractivity contribution is 6.31. The van der Waals surface area contributed by atoms with Crippen molar-refractivity contribution in [2.45, 2.75) is 19.3 Å². The maximum atomic E-state index is 13.5. The van der Waals surface area contributed by atoms with E-state index >= 15 is 0 Å². The summed E-state index contributed by atoms with van der Waals surface area (Å²) in [7, 11) is 0. The van der Waals surface area contributed by atoms with Gasteiger partial charge in [0, 0.05) is 42.7 Å². The number of benzene rings is 1. The van der Waals surface area contributed by atoms with Gasteiger partial charge in [-0.15, -0.1) is 0 Å². The van der Waals surface area contributed by atoms with Crippen LogP contribution in [0.1, 0.15) is 29.6 Å². The lowest BCUT2D eigenvalue weighted by atomic mass is 9.95.